The molecule has 0 aliphatic carbocycles. The number of rotatable bonds is 6. The first-order valence-corrected chi connectivity index (χ1v) is 13.5. The highest BCUT2D eigenvalue weighted by Crippen LogP contribution is 2.24. The fourth-order valence-electron chi connectivity index (χ4n) is 4.00. The normalized spacial score (nSPS) is 22.7. The van der Waals surface area contributed by atoms with Gasteiger partial charge < -0.3 is 4.90 Å². The standard InChI is InChI=1S/C20H30N2O5S2/c1-16(2)14-22(18-10-13-28(24,25)15-18)20(23)17-6-8-19(9-7-17)29(26,27)21-11-4-3-5-12-21/h6-9,16,18H,3-5,10-15H2,1-2H3/t18-/m1/s1. The summed E-state index contributed by atoms with van der Waals surface area (Å²) in [7, 11) is -6.65. The third-order valence-electron chi connectivity index (χ3n) is 5.53. The lowest BCUT2D eigenvalue weighted by Crippen LogP contribution is -2.43. The van der Waals surface area contributed by atoms with Crippen LogP contribution in [-0.4, -0.2) is 69.1 Å². The van der Waals surface area contributed by atoms with Crippen LogP contribution < -0.4 is 0 Å². The second-order valence-electron chi connectivity index (χ2n) is 8.40. The van der Waals surface area contributed by atoms with Gasteiger partial charge in [0, 0.05) is 31.2 Å². The molecule has 2 heterocycles. The van der Waals surface area contributed by atoms with Gasteiger partial charge in [-0.15, -0.1) is 0 Å². The largest absolute Gasteiger partial charge is 0.334 e. The molecule has 162 valence electrons. The maximum atomic E-state index is 13.1. The van der Waals surface area contributed by atoms with E-state index in [4.69, 9.17) is 0 Å². The van der Waals surface area contributed by atoms with Gasteiger partial charge in [0.2, 0.25) is 10.0 Å². The van der Waals surface area contributed by atoms with Crippen LogP contribution in [0.2, 0.25) is 0 Å². The Morgan fingerprint density at radius 3 is 2.28 bits per heavy atom. The van der Waals surface area contributed by atoms with Crippen molar-refractivity contribution in [3.8, 4) is 0 Å². The van der Waals surface area contributed by atoms with E-state index in [1.54, 1.807) is 4.90 Å². The number of piperidine rings is 1. The summed E-state index contributed by atoms with van der Waals surface area (Å²) in [6, 6.07) is 5.71. The number of benzene rings is 1. The molecule has 1 aromatic carbocycles. The van der Waals surface area contributed by atoms with Gasteiger partial charge in [-0.05, 0) is 49.4 Å². The summed E-state index contributed by atoms with van der Waals surface area (Å²) in [4.78, 5) is 14.9. The van der Waals surface area contributed by atoms with Gasteiger partial charge in [0.25, 0.3) is 5.91 Å². The van der Waals surface area contributed by atoms with Crippen LogP contribution in [0.25, 0.3) is 0 Å². The van der Waals surface area contributed by atoms with E-state index in [2.05, 4.69) is 0 Å². The highest BCUT2D eigenvalue weighted by atomic mass is 32.2. The van der Waals surface area contributed by atoms with Crippen molar-refractivity contribution in [2.45, 2.75) is 50.5 Å². The zero-order chi connectivity index (χ0) is 21.2. The van der Waals surface area contributed by atoms with Crippen molar-refractivity contribution < 1.29 is 21.6 Å². The van der Waals surface area contributed by atoms with E-state index in [1.807, 2.05) is 13.8 Å². The molecule has 2 aliphatic heterocycles. The van der Waals surface area contributed by atoms with Crippen molar-refractivity contribution in [3.63, 3.8) is 0 Å². The third kappa shape index (κ3) is 5.19. The van der Waals surface area contributed by atoms with Crippen molar-refractivity contribution >= 4 is 25.8 Å². The van der Waals surface area contributed by atoms with Crippen molar-refractivity contribution in [1.29, 1.82) is 0 Å². The third-order valence-corrected chi connectivity index (χ3v) is 9.19. The molecular weight excluding hydrogens is 412 g/mol. The van der Waals surface area contributed by atoms with E-state index in [9.17, 15) is 21.6 Å². The van der Waals surface area contributed by atoms with Crippen molar-refractivity contribution in [3.05, 3.63) is 29.8 Å². The first-order chi connectivity index (χ1) is 13.6. The minimum absolute atomic E-state index is 0.00706. The molecule has 0 spiro atoms. The molecule has 29 heavy (non-hydrogen) atoms. The first kappa shape index (κ1) is 22.2. The Morgan fingerprint density at radius 2 is 1.76 bits per heavy atom. The maximum absolute atomic E-state index is 13.1. The van der Waals surface area contributed by atoms with Gasteiger partial charge in [-0.1, -0.05) is 20.3 Å². The van der Waals surface area contributed by atoms with Crippen LogP contribution >= 0.6 is 0 Å². The molecule has 0 radical (unpaired) electrons. The minimum atomic E-state index is -3.55. The predicted octanol–water partition coefficient (Wildman–Crippen LogP) is 2.15. The molecule has 0 aromatic heterocycles. The zero-order valence-corrected chi connectivity index (χ0v) is 18.7. The fourth-order valence-corrected chi connectivity index (χ4v) is 7.25. The molecule has 0 unspecified atom stereocenters. The Bertz CT molecular complexity index is 934. The number of hydrogen-bond donors (Lipinski definition) is 0. The fraction of sp³-hybridized carbons (Fsp3) is 0.650. The number of hydrogen-bond acceptors (Lipinski definition) is 5. The number of carbonyl (C=O) groups excluding carboxylic acids is 1. The lowest BCUT2D eigenvalue weighted by molar-refractivity contribution is 0.0672. The summed E-state index contributed by atoms with van der Waals surface area (Å²) in [6.45, 7) is 5.49. The van der Waals surface area contributed by atoms with E-state index < -0.39 is 19.9 Å². The Labute approximate surface area is 174 Å². The quantitative estimate of drug-likeness (QED) is 0.673. The molecule has 2 fully saturated rings. The highest BCUT2D eigenvalue weighted by Gasteiger charge is 2.35. The van der Waals surface area contributed by atoms with Gasteiger partial charge in [-0.2, -0.15) is 4.31 Å². The Hall–Kier alpha value is -1.45. The second kappa shape index (κ2) is 8.73. The van der Waals surface area contributed by atoms with Crippen molar-refractivity contribution in [1.82, 2.24) is 9.21 Å². The average molecular weight is 443 g/mol. The van der Waals surface area contributed by atoms with Crippen LogP contribution in [0.1, 0.15) is 49.9 Å². The van der Waals surface area contributed by atoms with Gasteiger partial charge in [-0.25, -0.2) is 16.8 Å². The van der Waals surface area contributed by atoms with Crippen LogP contribution in [-0.2, 0) is 19.9 Å². The lowest BCUT2D eigenvalue weighted by atomic mass is 10.1. The molecule has 0 N–H and O–H groups in total. The number of carbonyl (C=O) groups is 1. The van der Waals surface area contributed by atoms with E-state index in [0.29, 0.717) is 31.6 Å². The van der Waals surface area contributed by atoms with Crippen LogP contribution in [0, 0.1) is 5.92 Å². The van der Waals surface area contributed by atoms with Gasteiger partial charge in [0.1, 0.15) is 0 Å². The molecule has 7 nitrogen and oxygen atoms in total. The summed E-state index contributed by atoms with van der Waals surface area (Å²) in [6.07, 6.45) is 3.22. The summed E-state index contributed by atoms with van der Waals surface area (Å²) >= 11 is 0. The molecule has 9 heteroatoms. The van der Waals surface area contributed by atoms with E-state index in [0.717, 1.165) is 19.3 Å². The molecule has 1 atom stereocenters. The Balaban J connectivity index is 1.80. The molecule has 1 aromatic rings. The zero-order valence-electron chi connectivity index (χ0n) is 17.1. The molecule has 3 rings (SSSR count). The van der Waals surface area contributed by atoms with E-state index in [1.165, 1.54) is 28.6 Å². The van der Waals surface area contributed by atoms with Gasteiger partial charge in [0.15, 0.2) is 9.84 Å². The molecule has 2 saturated heterocycles. The van der Waals surface area contributed by atoms with Crippen LogP contribution in [0.5, 0.6) is 0 Å². The lowest BCUT2D eigenvalue weighted by Gasteiger charge is -2.30. The van der Waals surface area contributed by atoms with E-state index >= 15 is 0 Å². The number of nitrogens with zero attached hydrogens (tertiary/aromatic N) is 2. The first-order valence-electron chi connectivity index (χ1n) is 10.2. The summed E-state index contributed by atoms with van der Waals surface area (Å²) < 4.78 is 50.9. The highest BCUT2D eigenvalue weighted by molar-refractivity contribution is 7.91. The van der Waals surface area contributed by atoms with Crippen LogP contribution in [0.15, 0.2) is 29.2 Å². The molecule has 2 aliphatic rings. The Morgan fingerprint density at radius 1 is 1.14 bits per heavy atom. The predicted molar refractivity (Wildman–Crippen MR) is 112 cm³/mol. The number of sulfonamides is 1. The topological polar surface area (TPSA) is 91.8 Å². The second-order valence-corrected chi connectivity index (χ2v) is 12.6. The monoisotopic (exact) mass is 442 g/mol. The Kier molecular flexibility index (Phi) is 6.70. The minimum Gasteiger partial charge on any atom is -0.334 e. The summed E-state index contributed by atoms with van der Waals surface area (Å²) in [5.74, 6) is 0.0446. The molecule has 1 amide bonds. The average Bonchev–Trinajstić information content (AvgIpc) is 3.05. The summed E-state index contributed by atoms with van der Waals surface area (Å²) in [5, 5.41) is 0. The molecule has 0 saturated carbocycles. The molecular formula is C20H30N2O5S2. The van der Waals surface area contributed by atoms with Gasteiger partial charge >= 0.3 is 0 Å². The smallest absolute Gasteiger partial charge is 0.254 e. The number of sulfone groups is 1. The SMILES string of the molecule is CC(C)CN(C(=O)c1ccc(S(=O)(=O)N2CCCCC2)cc1)[C@@H]1CCS(=O)(=O)C1. The van der Waals surface area contributed by atoms with Crippen molar-refractivity contribution in [2.75, 3.05) is 31.1 Å². The summed E-state index contributed by atoms with van der Waals surface area (Å²) in [5.41, 5.74) is 0.382. The molecule has 0 bridgehead atoms. The maximum Gasteiger partial charge on any atom is 0.254 e. The van der Waals surface area contributed by atoms with Crippen LogP contribution in [0.3, 0.4) is 0 Å². The van der Waals surface area contributed by atoms with Gasteiger partial charge in [0.05, 0.1) is 16.4 Å². The van der Waals surface area contributed by atoms with Crippen LogP contribution in [0.4, 0.5) is 0 Å². The number of amides is 1. The van der Waals surface area contributed by atoms with Gasteiger partial charge in [-0.3, -0.25) is 4.79 Å². The van der Waals surface area contributed by atoms with E-state index in [-0.39, 0.29) is 34.3 Å². The van der Waals surface area contributed by atoms with Crippen molar-refractivity contribution in [2.24, 2.45) is 5.92 Å².